The molecule has 1 aliphatic carbocycles. The van der Waals surface area contributed by atoms with Crippen LogP contribution in [0.15, 0.2) is 40.8 Å². The van der Waals surface area contributed by atoms with E-state index >= 15 is 0 Å². The Morgan fingerprint density at radius 3 is 2.66 bits per heavy atom. The predicted molar refractivity (Wildman–Crippen MR) is 122 cm³/mol. The third-order valence-corrected chi connectivity index (χ3v) is 6.90. The molecule has 2 aliphatic rings. The highest BCUT2D eigenvalue weighted by Crippen LogP contribution is 2.37. The molecule has 1 amide bonds. The van der Waals surface area contributed by atoms with E-state index in [1.807, 2.05) is 18.2 Å². The Labute approximate surface area is 200 Å². The van der Waals surface area contributed by atoms with Crippen molar-refractivity contribution < 1.29 is 31.9 Å². The molecule has 2 heterocycles. The standard InChI is InChI=1S/C26H27F3N2O4/c1-33-22-8-6-15(11-23(22)34-19-4-2-3-5-19)17-10-16(25(32)30-14-17)12-24-31-20-13-18(26(27,28)29)7-9-21(20)35-24/h6-9,11,13,16-17,19H,2-5,10,12,14H2,1H3,(H,30,32)/t16-,17-/m1/s1. The molecule has 2 atom stereocenters. The number of nitrogens with zero attached hydrogens (tertiary/aromatic N) is 1. The zero-order valence-corrected chi connectivity index (χ0v) is 19.4. The van der Waals surface area contributed by atoms with E-state index in [9.17, 15) is 18.0 Å². The number of rotatable bonds is 6. The van der Waals surface area contributed by atoms with Crippen LogP contribution in [0.1, 0.15) is 55.0 Å². The number of oxazole rings is 1. The molecule has 9 heteroatoms. The van der Waals surface area contributed by atoms with Crippen LogP contribution < -0.4 is 14.8 Å². The number of methoxy groups -OCH3 is 1. The van der Waals surface area contributed by atoms with Crippen molar-refractivity contribution >= 4 is 17.0 Å². The molecular weight excluding hydrogens is 461 g/mol. The van der Waals surface area contributed by atoms with Gasteiger partial charge in [-0.1, -0.05) is 6.07 Å². The Balaban J connectivity index is 1.33. The number of fused-ring (bicyclic) bond motifs is 1. The van der Waals surface area contributed by atoms with E-state index < -0.39 is 17.7 Å². The fourth-order valence-corrected chi connectivity index (χ4v) is 5.01. The van der Waals surface area contributed by atoms with E-state index in [-0.39, 0.29) is 41.3 Å². The van der Waals surface area contributed by atoms with Crippen LogP contribution in [0, 0.1) is 5.92 Å². The van der Waals surface area contributed by atoms with Gasteiger partial charge in [-0.25, -0.2) is 4.98 Å². The summed E-state index contributed by atoms with van der Waals surface area (Å²) in [6.45, 7) is 0.493. The van der Waals surface area contributed by atoms with Crippen LogP contribution in [0.3, 0.4) is 0 Å². The number of alkyl halides is 3. The molecule has 35 heavy (non-hydrogen) atoms. The summed E-state index contributed by atoms with van der Waals surface area (Å²) in [5.74, 6) is 1.17. The van der Waals surface area contributed by atoms with Crippen molar-refractivity contribution in [3.63, 3.8) is 0 Å². The zero-order valence-electron chi connectivity index (χ0n) is 19.4. The van der Waals surface area contributed by atoms with Gasteiger partial charge in [0.15, 0.2) is 23.0 Å². The number of halogens is 3. The highest BCUT2D eigenvalue weighted by Gasteiger charge is 2.33. The Morgan fingerprint density at radius 1 is 1.11 bits per heavy atom. The van der Waals surface area contributed by atoms with Gasteiger partial charge in [-0.3, -0.25) is 4.79 Å². The fourth-order valence-electron chi connectivity index (χ4n) is 5.01. The Morgan fingerprint density at radius 2 is 1.91 bits per heavy atom. The number of carbonyl (C=O) groups excluding carboxylic acids is 1. The number of benzene rings is 2. The second-order valence-corrected chi connectivity index (χ2v) is 9.30. The molecule has 1 saturated heterocycles. The lowest BCUT2D eigenvalue weighted by molar-refractivity contribution is -0.137. The van der Waals surface area contributed by atoms with Crippen molar-refractivity contribution in [2.45, 2.75) is 56.7 Å². The van der Waals surface area contributed by atoms with E-state index in [1.165, 1.54) is 6.07 Å². The molecule has 1 saturated carbocycles. The first-order valence-corrected chi connectivity index (χ1v) is 11.9. The maximum absolute atomic E-state index is 13.0. The summed E-state index contributed by atoms with van der Waals surface area (Å²) in [6.07, 6.45) is 0.895. The quantitative estimate of drug-likeness (QED) is 0.486. The van der Waals surface area contributed by atoms with Gasteiger partial charge in [-0.05, 0) is 68.0 Å². The smallest absolute Gasteiger partial charge is 0.416 e. The van der Waals surface area contributed by atoms with Crippen LogP contribution in [-0.4, -0.2) is 30.6 Å². The van der Waals surface area contributed by atoms with Crippen LogP contribution in [0.5, 0.6) is 11.5 Å². The molecule has 0 radical (unpaired) electrons. The van der Waals surface area contributed by atoms with E-state index in [0.717, 1.165) is 43.4 Å². The Hall–Kier alpha value is -3.23. The van der Waals surface area contributed by atoms with Crippen LogP contribution in [0.4, 0.5) is 13.2 Å². The molecule has 2 fully saturated rings. The number of carbonyl (C=O) groups is 1. The summed E-state index contributed by atoms with van der Waals surface area (Å²) in [4.78, 5) is 16.8. The van der Waals surface area contributed by atoms with Crippen molar-refractivity contribution in [2.24, 2.45) is 5.92 Å². The van der Waals surface area contributed by atoms with Crippen molar-refractivity contribution in [3.05, 3.63) is 53.4 Å². The topological polar surface area (TPSA) is 73.6 Å². The van der Waals surface area contributed by atoms with E-state index in [4.69, 9.17) is 13.9 Å². The van der Waals surface area contributed by atoms with Gasteiger partial charge in [0.25, 0.3) is 0 Å². The lowest BCUT2D eigenvalue weighted by Crippen LogP contribution is -2.41. The second-order valence-electron chi connectivity index (χ2n) is 9.30. The van der Waals surface area contributed by atoms with E-state index in [2.05, 4.69) is 10.3 Å². The van der Waals surface area contributed by atoms with Crippen LogP contribution in [0.25, 0.3) is 11.1 Å². The average molecular weight is 489 g/mol. The zero-order chi connectivity index (χ0) is 24.6. The number of hydrogen-bond donors (Lipinski definition) is 1. The molecule has 1 aliphatic heterocycles. The molecule has 3 aromatic rings. The summed E-state index contributed by atoms with van der Waals surface area (Å²) in [6, 6.07) is 9.07. The summed E-state index contributed by atoms with van der Waals surface area (Å²) in [7, 11) is 1.62. The third kappa shape index (κ3) is 5.09. The Bertz CT molecular complexity index is 1220. The molecular formula is C26H27F3N2O4. The molecule has 1 aromatic heterocycles. The van der Waals surface area contributed by atoms with Gasteiger partial charge in [0.1, 0.15) is 5.52 Å². The van der Waals surface area contributed by atoms with Crippen LogP contribution in [-0.2, 0) is 17.4 Å². The Kier molecular flexibility index (Phi) is 6.34. The number of hydrogen-bond acceptors (Lipinski definition) is 5. The molecule has 1 N–H and O–H groups in total. The highest BCUT2D eigenvalue weighted by atomic mass is 19.4. The minimum atomic E-state index is -4.46. The van der Waals surface area contributed by atoms with Crippen LogP contribution in [0.2, 0.25) is 0 Å². The lowest BCUT2D eigenvalue weighted by Gasteiger charge is -2.29. The maximum atomic E-state index is 13.0. The number of amides is 1. The van der Waals surface area contributed by atoms with E-state index in [0.29, 0.717) is 24.5 Å². The molecule has 0 spiro atoms. The SMILES string of the molecule is COc1ccc([C@H]2CNC(=O)[C@@H](Cc3nc4cc(C(F)(F)F)ccc4o3)C2)cc1OC1CCCC1. The molecule has 0 bridgehead atoms. The predicted octanol–water partition coefficient (Wildman–Crippen LogP) is 5.64. The van der Waals surface area contributed by atoms with Crippen molar-refractivity contribution in [1.82, 2.24) is 10.3 Å². The van der Waals surface area contributed by atoms with Gasteiger partial charge in [0.2, 0.25) is 5.91 Å². The van der Waals surface area contributed by atoms with Crippen LogP contribution >= 0.6 is 0 Å². The van der Waals surface area contributed by atoms with Gasteiger partial charge in [-0.2, -0.15) is 13.2 Å². The summed E-state index contributed by atoms with van der Waals surface area (Å²) in [5.41, 5.74) is 0.655. The second kappa shape index (κ2) is 9.43. The van der Waals surface area contributed by atoms with Gasteiger partial charge in [0.05, 0.1) is 18.8 Å². The molecule has 186 valence electrons. The van der Waals surface area contributed by atoms with Gasteiger partial charge >= 0.3 is 6.18 Å². The van der Waals surface area contributed by atoms with Crippen molar-refractivity contribution in [3.8, 4) is 11.5 Å². The maximum Gasteiger partial charge on any atom is 0.416 e. The van der Waals surface area contributed by atoms with E-state index in [1.54, 1.807) is 7.11 Å². The first-order chi connectivity index (χ1) is 16.8. The monoisotopic (exact) mass is 488 g/mol. The largest absolute Gasteiger partial charge is 0.493 e. The third-order valence-electron chi connectivity index (χ3n) is 6.90. The highest BCUT2D eigenvalue weighted by molar-refractivity contribution is 5.80. The molecule has 5 rings (SSSR count). The molecule has 2 aromatic carbocycles. The number of aromatic nitrogens is 1. The first-order valence-electron chi connectivity index (χ1n) is 11.9. The van der Waals surface area contributed by atoms with Crippen molar-refractivity contribution in [1.29, 1.82) is 0 Å². The number of ether oxygens (including phenoxy) is 2. The molecule has 0 unspecified atom stereocenters. The first kappa shape index (κ1) is 23.5. The van der Waals surface area contributed by atoms with Gasteiger partial charge < -0.3 is 19.2 Å². The molecule has 6 nitrogen and oxygen atoms in total. The summed E-state index contributed by atoms with van der Waals surface area (Å²) >= 11 is 0. The lowest BCUT2D eigenvalue weighted by atomic mass is 9.83. The van der Waals surface area contributed by atoms with Crippen molar-refractivity contribution in [2.75, 3.05) is 13.7 Å². The minimum absolute atomic E-state index is 0.0516. The summed E-state index contributed by atoms with van der Waals surface area (Å²) in [5, 5.41) is 2.96. The average Bonchev–Trinajstić information content (AvgIpc) is 3.48. The summed E-state index contributed by atoms with van der Waals surface area (Å²) < 4.78 is 56.4. The number of piperidine rings is 1. The minimum Gasteiger partial charge on any atom is -0.493 e. The van der Waals surface area contributed by atoms with Gasteiger partial charge in [-0.15, -0.1) is 0 Å². The normalized spacial score (nSPS) is 21.3. The van der Waals surface area contributed by atoms with Gasteiger partial charge in [0, 0.05) is 24.8 Å². The number of nitrogens with one attached hydrogen (secondary N) is 1. The fraction of sp³-hybridized carbons (Fsp3) is 0.462.